The fraction of sp³-hybridized carbons (Fsp3) is 0.143. The number of benzene rings is 2. The molecule has 0 bridgehead atoms. The van der Waals surface area contributed by atoms with E-state index in [2.05, 4.69) is 16.9 Å². The Morgan fingerprint density at radius 1 is 1.18 bits per heavy atom. The summed E-state index contributed by atoms with van der Waals surface area (Å²) in [6.07, 6.45) is -1.61. The van der Waals surface area contributed by atoms with Crippen LogP contribution in [-0.2, 0) is 6.18 Å². The number of rotatable bonds is 5. The third kappa shape index (κ3) is 4.14. The summed E-state index contributed by atoms with van der Waals surface area (Å²) >= 11 is 0. The Hall–Kier alpha value is -3.35. The van der Waals surface area contributed by atoms with Crippen LogP contribution in [0.2, 0.25) is 0 Å². The lowest BCUT2D eigenvalue weighted by Crippen LogP contribution is -2.26. The highest BCUT2D eigenvalue weighted by Crippen LogP contribution is 2.37. The number of amides is 1. The first-order valence-corrected chi connectivity index (χ1v) is 8.49. The van der Waals surface area contributed by atoms with Gasteiger partial charge in [-0.1, -0.05) is 42.5 Å². The van der Waals surface area contributed by atoms with Gasteiger partial charge in [-0.3, -0.25) is 9.36 Å². The van der Waals surface area contributed by atoms with E-state index in [0.717, 1.165) is 11.6 Å². The van der Waals surface area contributed by atoms with Crippen LogP contribution in [0.4, 0.5) is 13.2 Å². The van der Waals surface area contributed by atoms with Crippen LogP contribution >= 0.6 is 0 Å². The number of imidazole rings is 1. The van der Waals surface area contributed by atoms with Gasteiger partial charge in [0.05, 0.1) is 18.1 Å². The van der Waals surface area contributed by atoms with Crippen LogP contribution < -0.4 is 5.32 Å². The maximum absolute atomic E-state index is 13.4. The molecule has 3 rings (SSSR count). The van der Waals surface area contributed by atoms with Gasteiger partial charge in [0.15, 0.2) is 0 Å². The second kappa shape index (κ2) is 7.72. The molecular formula is C21H18F3N3O. The highest BCUT2D eigenvalue weighted by Gasteiger charge is 2.33. The van der Waals surface area contributed by atoms with Crippen molar-refractivity contribution in [2.45, 2.75) is 13.1 Å². The second-order valence-electron chi connectivity index (χ2n) is 6.38. The minimum absolute atomic E-state index is 0.0743. The summed E-state index contributed by atoms with van der Waals surface area (Å²) in [6, 6.07) is 11.9. The number of hydrogen-bond acceptors (Lipinski definition) is 2. The molecule has 0 aliphatic heterocycles. The van der Waals surface area contributed by atoms with E-state index in [0.29, 0.717) is 17.8 Å². The molecule has 1 N–H and O–H groups in total. The molecule has 1 amide bonds. The normalized spacial score (nSPS) is 11.3. The van der Waals surface area contributed by atoms with Gasteiger partial charge in [-0.2, -0.15) is 13.2 Å². The fourth-order valence-corrected chi connectivity index (χ4v) is 2.80. The molecule has 28 heavy (non-hydrogen) atoms. The second-order valence-corrected chi connectivity index (χ2v) is 6.38. The van der Waals surface area contributed by atoms with Crippen LogP contribution in [-0.4, -0.2) is 22.0 Å². The Kier molecular flexibility index (Phi) is 5.35. The van der Waals surface area contributed by atoms with Gasteiger partial charge in [-0.05, 0) is 36.2 Å². The number of carbonyl (C=O) groups is 1. The molecule has 1 heterocycles. The van der Waals surface area contributed by atoms with Gasteiger partial charge in [0.25, 0.3) is 5.91 Å². The van der Waals surface area contributed by atoms with E-state index in [9.17, 15) is 18.0 Å². The Bertz CT molecular complexity index is 1020. The quantitative estimate of drug-likeness (QED) is 0.638. The van der Waals surface area contributed by atoms with Crippen molar-refractivity contribution in [3.8, 4) is 16.8 Å². The monoisotopic (exact) mass is 385 g/mol. The maximum atomic E-state index is 13.4. The van der Waals surface area contributed by atoms with Crippen LogP contribution in [0.1, 0.15) is 23.0 Å². The van der Waals surface area contributed by atoms with Crippen molar-refractivity contribution >= 4 is 5.91 Å². The average molecular weight is 385 g/mol. The first kappa shape index (κ1) is 19.4. The Morgan fingerprint density at radius 3 is 2.64 bits per heavy atom. The van der Waals surface area contributed by atoms with Gasteiger partial charge >= 0.3 is 6.18 Å². The summed E-state index contributed by atoms with van der Waals surface area (Å²) in [4.78, 5) is 16.4. The lowest BCUT2D eigenvalue weighted by molar-refractivity contribution is -0.137. The van der Waals surface area contributed by atoms with Gasteiger partial charge in [-0.15, -0.1) is 0 Å². The topological polar surface area (TPSA) is 46.9 Å². The lowest BCUT2D eigenvalue weighted by Gasteiger charge is -2.14. The van der Waals surface area contributed by atoms with Crippen LogP contribution in [0, 0.1) is 0 Å². The molecule has 0 atom stereocenters. The predicted octanol–water partition coefficient (Wildman–Crippen LogP) is 4.86. The molecule has 2 aromatic carbocycles. The molecule has 144 valence electrons. The molecule has 1 aromatic heterocycles. The number of alkyl halides is 3. The van der Waals surface area contributed by atoms with Crippen molar-refractivity contribution < 1.29 is 18.0 Å². The molecule has 0 fully saturated rings. The minimum atomic E-state index is -4.46. The van der Waals surface area contributed by atoms with Crippen LogP contribution in [0.5, 0.6) is 0 Å². The van der Waals surface area contributed by atoms with Crippen LogP contribution in [0.3, 0.4) is 0 Å². The molecular weight excluding hydrogens is 367 g/mol. The van der Waals surface area contributed by atoms with Crippen LogP contribution in [0.25, 0.3) is 16.8 Å². The molecule has 0 saturated heterocycles. The molecule has 3 aromatic rings. The molecule has 0 unspecified atom stereocenters. The van der Waals surface area contributed by atoms with Gasteiger partial charge in [-0.25, -0.2) is 4.98 Å². The van der Waals surface area contributed by atoms with Crippen molar-refractivity contribution in [2.24, 2.45) is 0 Å². The maximum Gasteiger partial charge on any atom is 0.417 e. The molecule has 0 aliphatic carbocycles. The standard InChI is InChI=1S/C21H18F3N3O/c1-14(2)11-26-20(28)19-12-25-13-27(19)16-7-5-6-15(10-16)17-8-3-4-9-18(17)21(22,23)24/h3-10,12-13H,1,11H2,2H3,(H,26,28). The van der Waals surface area contributed by atoms with E-state index in [1.165, 1.54) is 29.2 Å². The van der Waals surface area contributed by atoms with Gasteiger partial charge in [0.2, 0.25) is 0 Å². The highest BCUT2D eigenvalue weighted by atomic mass is 19.4. The van der Waals surface area contributed by atoms with Gasteiger partial charge < -0.3 is 5.32 Å². The third-order valence-corrected chi connectivity index (χ3v) is 4.09. The van der Waals surface area contributed by atoms with Crippen LogP contribution in [0.15, 0.2) is 73.2 Å². The smallest absolute Gasteiger partial charge is 0.347 e. The molecule has 0 aliphatic rings. The minimum Gasteiger partial charge on any atom is -0.347 e. The lowest BCUT2D eigenvalue weighted by atomic mass is 9.99. The van der Waals surface area contributed by atoms with Crippen molar-refractivity contribution in [1.82, 2.24) is 14.9 Å². The van der Waals surface area contributed by atoms with E-state index < -0.39 is 11.7 Å². The van der Waals surface area contributed by atoms with Crippen molar-refractivity contribution in [2.75, 3.05) is 6.54 Å². The van der Waals surface area contributed by atoms with E-state index >= 15 is 0 Å². The summed E-state index contributed by atoms with van der Waals surface area (Å²) in [7, 11) is 0. The third-order valence-electron chi connectivity index (χ3n) is 4.09. The molecule has 0 radical (unpaired) electrons. The van der Waals surface area contributed by atoms with Crippen molar-refractivity contribution in [3.05, 3.63) is 84.5 Å². The number of aromatic nitrogens is 2. The zero-order chi connectivity index (χ0) is 20.3. The number of halogens is 3. The van der Waals surface area contributed by atoms with E-state index in [1.807, 2.05) is 0 Å². The number of nitrogens with one attached hydrogen (secondary N) is 1. The highest BCUT2D eigenvalue weighted by molar-refractivity contribution is 5.93. The summed E-state index contributed by atoms with van der Waals surface area (Å²) in [6.45, 7) is 5.85. The summed E-state index contributed by atoms with van der Waals surface area (Å²) in [5, 5.41) is 2.72. The summed E-state index contributed by atoms with van der Waals surface area (Å²) < 4.78 is 41.6. The number of hydrogen-bond donors (Lipinski definition) is 1. The summed E-state index contributed by atoms with van der Waals surface area (Å²) in [5.74, 6) is -0.346. The Balaban J connectivity index is 2.00. The predicted molar refractivity (Wildman–Crippen MR) is 101 cm³/mol. The molecule has 4 nitrogen and oxygen atoms in total. The molecule has 0 saturated carbocycles. The van der Waals surface area contributed by atoms with E-state index in [-0.39, 0.29) is 17.2 Å². The first-order chi connectivity index (χ1) is 13.3. The molecule has 7 heteroatoms. The number of carbonyl (C=O) groups excluding carboxylic acids is 1. The fourth-order valence-electron chi connectivity index (χ4n) is 2.80. The van der Waals surface area contributed by atoms with Crippen molar-refractivity contribution in [3.63, 3.8) is 0 Å². The average Bonchev–Trinajstić information content (AvgIpc) is 3.15. The largest absolute Gasteiger partial charge is 0.417 e. The van der Waals surface area contributed by atoms with E-state index in [4.69, 9.17) is 0 Å². The van der Waals surface area contributed by atoms with E-state index in [1.54, 1.807) is 37.3 Å². The van der Waals surface area contributed by atoms with Gasteiger partial charge in [0, 0.05) is 12.2 Å². The SMILES string of the molecule is C=C(C)CNC(=O)c1cncn1-c1cccc(-c2ccccc2C(F)(F)F)c1. The Morgan fingerprint density at radius 2 is 1.93 bits per heavy atom. The first-order valence-electron chi connectivity index (χ1n) is 8.49. The van der Waals surface area contributed by atoms with Crippen molar-refractivity contribution in [1.29, 1.82) is 0 Å². The number of nitrogens with zero attached hydrogens (tertiary/aromatic N) is 2. The zero-order valence-electron chi connectivity index (χ0n) is 15.1. The Labute approximate surface area is 160 Å². The van der Waals surface area contributed by atoms with Gasteiger partial charge in [0.1, 0.15) is 5.69 Å². The molecule has 0 spiro atoms. The zero-order valence-corrected chi connectivity index (χ0v) is 15.1. The summed E-state index contributed by atoms with van der Waals surface area (Å²) in [5.41, 5.74) is 1.37.